The lowest BCUT2D eigenvalue weighted by atomic mass is 10.2. The van der Waals surface area contributed by atoms with Crippen LogP contribution in [0.1, 0.15) is 5.56 Å². The van der Waals surface area contributed by atoms with E-state index in [2.05, 4.69) is 9.71 Å². The molecule has 1 N–H and O–H groups in total. The van der Waals surface area contributed by atoms with Gasteiger partial charge >= 0.3 is 0 Å². The van der Waals surface area contributed by atoms with Gasteiger partial charge in [-0.2, -0.15) is 0 Å². The minimum Gasteiger partial charge on any atom is -0.334 e. The SMILES string of the molecule is Cn1cnc2cc(CNS(=O)(=O)c3ccccc3)ccc21. The van der Waals surface area contributed by atoms with Crippen molar-refractivity contribution in [2.24, 2.45) is 7.05 Å². The third-order valence-corrected chi connectivity index (χ3v) is 4.73. The van der Waals surface area contributed by atoms with Crippen molar-refractivity contribution in [3.05, 3.63) is 60.4 Å². The first kappa shape index (κ1) is 13.8. The number of hydrogen-bond acceptors (Lipinski definition) is 3. The molecule has 0 amide bonds. The van der Waals surface area contributed by atoms with Gasteiger partial charge in [-0.1, -0.05) is 24.3 Å². The lowest BCUT2D eigenvalue weighted by Gasteiger charge is -2.07. The summed E-state index contributed by atoms with van der Waals surface area (Å²) >= 11 is 0. The maximum absolute atomic E-state index is 12.1. The Morgan fingerprint density at radius 1 is 1.14 bits per heavy atom. The molecule has 1 aromatic heterocycles. The van der Waals surface area contributed by atoms with Crippen LogP contribution in [0.3, 0.4) is 0 Å². The third-order valence-electron chi connectivity index (χ3n) is 3.31. The molecular weight excluding hydrogens is 286 g/mol. The molecule has 1 heterocycles. The van der Waals surface area contributed by atoms with Crippen LogP contribution in [-0.2, 0) is 23.6 Å². The van der Waals surface area contributed by atoms with Crippen molar-refractivity contribution in [3.63, 3.8) is 0 Å². The van der Waals surface area contributed by atoms with Gasteiger partial charge in [0.25, 0.3) is 0 Å². The Morgan fingerprint density at radius 2 is 1.90 bits per heavy atom. The van der Waals surface area contributed by atoms with Gasteiger partial charge in [0.15, 0.2) is 0 Å². The van der Waals surface area contributed by atoms with Crippen molar-refractivity contribution in [1.29, 1.82) is 0 Å². The highest BCUT2D eigenvalue weighted by atomic mass is 32.2. The van der Waals surface area contributed by atoms with Gasteiger partial charge in [-0.25, -0.2) is 18.1 Å². The fourth-order valence-electron chi connectivity index (χ4n) is 2.15. The summed E-state index contributed by atoms with van der Waals surface area (Å²) in [6.07, 6.45) is 1.74. The molecule has 0 aliphatic heterocycles. The number of fused-ring (bicyclic) bond motifs is 1. The fraction of sp³-hybridized carbons (Fsp3) is 0.133. The van der Waals surface area contributed by atoms with Crippen molar-refractivity contribution in [1.82, 2.24) is 14.3 Å². The lowest BCUT2D eigenvalue weighted by Crippen LogP contribution is -2.23. The number of imidazole rings is 1. The number of rotatable bonds is 4. The zero-order valence-corrected chi connectivity index (χ0v) is 12.3. The minimum atomic E-state index is -3.48. The highest BCUT2D eigenvalue weighted by Crippen LogP contribution is 2.14. The van der Waals surface area contributed by atoms with E-state index in [0.29, 0.717) is 0 Å². The number of sulfonamides is 1. The molecule has 21 heavy (non-hydrogen) atoms. The first-order chi connectivity index (χ1) is 10.1. The number of nitrogens with zero attached hydrogens (tertiary/aromatic N) is 2. The van der Waals surface area contributed by atoms with Crippen LogP contribution in [0.5, 0.6) is 0 Å². The second-order valence-corrected chi connectivity index (χ2v) is 6.58. The molecule has 0 saturated heterocycles. The molecule has 0 atom stereocenters. The number of benzene rings is 2. The molecule has 0 unspecified atom stereocenters. The van der Waals surface area contributed by atoms with E-state index >= 15 is 0 Å². The Balaban J connectivity index is 1.80. The van der Waals surface area contributed by atoms with Gasteiger partial charge in [0, 0.05) is 13.6 Å². The van der Waals surface area contributed by atoms with E-state index in [0.717, 1.165) is 16.6 Å². The molecule has 5 nitrogen and oxygen atoms in total. The molecule has 0 radical (unpaired) electrons. The average Bonchev–Trinajstić information content (AvgIpc) is 2.87. The van der Waals surface area contributed by atoms with Crippen LogP contribution in [0.15, 0.2) is 59.8 Å². The summed E-state index contributed by atoms with van der Waals surface area (Å²) in [7, 11) is -1.56. The molecule has 0 bridgehead atoms. The number of aryl methyl sites for hydroxylation is 1. The van der Waals surface area contributed by atoms with Crippen LogP contribution >= 0.6 is 0 Å². The Hall–Kier alpha value is -2.18. The highest BCUT2D eigenvalue weighted by Gasteiger charge is 2.13. The van der Waals surface area contributed by atoms with Crippen LogP contribution in [0, 0.1) is 0 Å². The van der Waals surface area contributed by atoms with Gasteiger partial charge in [0.2, 0.25) is 10.0 Å². The van der Waals surface area contributed by atoms with E-state index in [1.54, 1.807) is 36.7 Å². The zero-order chi connectivity index (χ0) is 14.9. The summed E-state index contributed by atoms with van der Waals surface area (Å²) < 4.78 is 28.8. The van der Waals surface area contributed by atoms with E-state index in [4.69, 9.17) is 0 Å². The number of hydrogen-bond donors (Lipinski definition) is 1. The van der Waals surface area contributed by atoms with E-state index < -0.39 is 10.0 Å². The van der Waals surface area contributed by atoms with Crippen LogP contribution in [0.2, 0.25) is 0 Å². The summed E-state index contributed by atoms with van der Waals surface area (Å²) in [4.78, 5) is 4.53. The van der Waals surface area contributed by atoms with Gasteiger partial charge in [0.05, 0.1) is 22.3 Å². The molecule has 6 heteroatoms. The molecule has 0 spiro atoms. The molecule has 0 saturated carbocycles. The van der Waals surface area contributed by atoms with Crippen molar-refractivity contribution in [3.8, 4) is 0 Å². The van der Waals surface area contributed by atoms with Crippen molar-refractivity contribution < 1.29 is 8.42 Å². The Kier molecular flexibility index (Phi) is 3.48. The lowest BCUT2D eigenvalue weighted by molar-refractivity contribution is 0.581. The molecule has 0 fully saturated rings. The first-order valence-corrected chi connectivity index (χ1v) is 7.99. The number of nitrogens with one attached hydrogen (secondary N) is 1. The first-order valence-electron chi connectivity index (χ1n) is 6.51. The molecule has 0 aliphatic rings. The predicted octanol–water partition coefficient (Wildman–Crippen LogP) is 2.05. The smallest absolute Gasteiger partial charge is 0.240 e. The average molecular weight is 301 g/mol. The van der Waals surface area contributed by atoms with Crippen molar-refractivity contribution in [2.75, 3.05) is 0 Å². The van der Waals surface area contributed by atoms with Gasteiger partial charge < -0.3 is 4.57 Å². The van der Waals surface area contributed by atoms with Gasteiger partial charge in [-0.3, -0.25) is 0 Å². The van der Waals surface area contributed by atoms with E-state index in [1.165, 1.54) is 0 Å². The summed E-state index contributed by atoms with van der Waals surface area (Å²) in [5.74, 6) is 0. The largest absolute Gasteiger partial charge is 0.334 e. The second kappa shape index (κ2) is 5.31. The van der Waals surface area contributed by atoms with Crippen molar-refractivity contribution in [2.45, 2.75) is 11.4 Å². The normalized spacial score (nSPS) is 11.9. The van der Waals surface area contributed by atoms with Crippen LogP contribution in [0.25, 0.3) is 11.0 Å². The quantitative estimate of drug-likeness (QED) is 0.802. The molecule has 108 valence electrons. The van der Waals surface area contributed by atoms with E-state index in [9.17, 15) is 8.42 Å². The third kappa shape index (κ3) is 2.81. The van der Waals surface area contributed by atoms with Gasteiger partial charge in [-0.05, 0) is 29.8 Å². The summed E-state index contributed by atoms with van der Waals surface area (Å²) in [5, 5.41) is 0. The maximum atomic E-state index is 12.1. The molecule has 3 aromatic rings. The number of aromatic nitrogens is 2. The summed E-state index contributed by atoms with van der Waals surface area (Å²) in [6.45, 7) is 0.240. The van der Waals surface area contributed by atoms with Crippen molar-refractivity contribution >= 4 is 21.1 Å². The Bertz CT molecular complexity index is 870. The summed E-state index contributed by atoms with van der Waals surface area (Å²) in [5.41, 5.74) is 2.75. The summed E-state index contributed by atoms with van der Waals surface area (Å²) in [6, 6.07) is 14.1. The Morgan fingerprint density at radius 3 is 2.67 bits per heavy atom. The predicted molar refractivity (Wildman–Crippen MR) is 81.2 cm³/mol. The van der Waals surface area contributed by atoms with Gasteiger partial charge in [-0.15, -0.1) is 0 Å². The molecule has 3 rings (SSSR count). The Labute approximate surface area is 123 Å². The molecule has 2 aromatic carbocycles. The van der Waals surface area contributed by atoms with Crippen LogP contribution in [-0.4, -0.2) is 18.0 Å². The van der Waals surface area contributed by atoms with E-state index in [-0.39, 0.29) is 11.4 Å². The zero-order valence-electron chi connectivity index (χ0n) is 11.5. The van der Waals surface area contributed by atoms with Crippen LogP contribution in [0.4, 0.5) is 0 Å². The second-order valence-electron chi connectivity index (χ2n) is 4.82. The standard InChI is InChI=1S/C15H15N3O2S/c1-18-11-16-14-9-12(7-8-15(14)18)10-17-21(19,20)13-5-3-2-4-6-13/h2-9,11,17H,10H2,1H3. The highest BCUT2D eigenvalue weighted by molar-refractivity contribution is 7.89. The molecular formula is C15H15N3O2S. The molecule has 0 aliphatic carbocycles. The fourth-order valence-corrected chi connectivity index (χ4v) is 3.19. The van der Waals surface area contributed by atoms with E-state index in [1.807, 2.05) is 29.8 Å². The topological polar surface area (TPSA) is 64.0 Å². The monoisotopic (exact) mass is 301 g/mol. The maximum Gasteiger partial charge on any atom is 0.240 e. The van der Waals surface area contributed by atoms with Crippen LogP contribution < -0.4 is 4.72 Å². The van der Waals surface area contributed by atoms with Gasteiger partial charge in [0.1, 0.15) is 0 Å². The minimum absolute atomic E-state index is 0.240.